The van der Waals surface area contributed by atoms with Gasteiger partial charge in [0, 0.05) is 6.08 Å². The van der Waals surface area contributed by atoms with Crippen LogP contribution in [0.1, 0.15) is 0 Å². The van der Waals surface area contributed by atoms with Gasteiger partial charge in [0.25, 0.3) is 5.78 Å². The maximum Gasteiger partial charge on any atom is 0.454 e. The minimum absolute atomic E-state index is 0.557. The number of ketones is 1. The zero-order valence-corrected chi connectivity index (χ0v) is 10.2. The van der Waals surface area contributed by atoms with Crippen LogP contribution in [0.4, 0.5) is 26.3 Å². The molecule has 0 saturated heterocycles. The summed E-state index contributed by atoms with van der Waals surface area (Å²) in [6.45, 7) is 4.06. The van der Waals surface area contributed by atoms with E-state index in [0.717, 1.165) is 0 Å². The lowest BCUT2D eigenvalue weighted by Gasteiger charge is -2.23. The molecule has 0 aromatic heterocycles. The number of carbonyl (C=O) groups is 1. The lowest BCUT2D eigenvalue weighted by Crippen LogP contribution is -2.32. The topological polar surface area (TPSA) is 26.3 Å². The van der Waals surface area contributed by atoms with Crippen LogP contribution in [0.3, 0.4) is 0 Å². The normalized spacial score (nSPS) is 14.8. The molecule has 17 heavy (non-hydrogen) atoms. The van der Waals surface area contributed by atoms with Crippen LogP contribution >= 0.6 is 0 Å². The van der Waals surface area contributed by atoms with E-state index in [1.165, 1.54) is 19.6 Å². The van der Waals surface area contributed by atoms with Gasteiger partial charge in [-0.3, -0.25) is 4.79 Å². The summed E-state index contributed by atoms with van der Waals surface area (Å²) < 4.78 is 76.8. The molecule has 0 aromatic rings. The number of halogens is 6. The van der Waals surface area contributed by atoms with Crippen molar-refractivity contribution in [1.82, 2.24) is 0 Å². The van der Waals surface area contributed by atoms with Gasteiger partial charge in [0.15, 0.2) is 5.76 Å². The first-order valence-corrected chi connectivity index (χ1v) is 7.73. The maximum atomic E-state index is 12.3. The van der Waals surface area contributed by atoms with E-state index in [2.05, 4.69) is 4.43 Å². The summed E-state index contributed by atoms with van der Waals surface area (Å²) in [5.41, 5.74) is 0. The third kappa shape index (κ3) is 6.34. The van der Waals surface area contributed by atoms with Gasteiger partial charge in [-0.1, -0.05) is 0 Å². The molecule has 0 heterocycles. The zero-order chi connectivity index (χ0) is 14.1. The molecular weight excluding hydrogens is 270 g/mol. The fourth-order valence-electron chi connectivity index (χ4n) is 0.700. The molecule has 2 nitrogen and oxygen atoms in total. The van der Waals surface area contributed by atoms with Crippen LogP contribution < -0.4 is 0 Å². The molecule has 0 aliphatic rings. The summed E-state index contributed by atoms with van der Waals surface area (Å²) in [4.78, 5) is 10.4. The van der Waals surface area contributed by atoms with Gasteiger partial charge in [0.05, 0.1) is 0 Å². The molecule has 0 radical (unpaired) electrons. The van der Waals surface area contributed by atoms with Crippen molar-refractivity contribution in [1.29, 1.82) is 0 Å². The maximum absolute atomic E-state index is 12.3. The highest BCUT2D eigenvalue weighted by Gasteiger charge is 2.43. The number of alkyl halides is 6. The van der Waals surface area contributed by atoms with E-state index in [1.54, 1.807) is 0 Å². The van der Waals surface area contributed by atoms with Gasteiger partial charge < -0.3 is 4.43 Å². The highest BCUT2D eigenvalue weighted by molar-refractivity contribution is 6.70. The first-order valence-electron chi connectivity index (χ1n) is 4.32. The van der Waals surface area contributed by atoms with Crippen molar-refractivity contribution < 1.29 is 35.6 Å². The summed E-state index contributed by atoms with van der Waals surface area (Å²) >= 11 is 0. The molecule has 0 unspecified atom stereocenters. The van der Waals surface area contributed by atoms with Crippen molar-refractivity contribution in [2.45, 2.75) is 32.0 Å². The monoisotopic (exact) mass is 280 g/mol. The minimum Gasteiger partial charge on any atom is -0.541 e. The van der Waals surface area contributed by atoms with Gasteiger partial charge in [0.1, 0.15) is 0 Å². The first kappa shape index (κ1) is 16.0. The predicted molar refractivity (Wildman–Crippen MR) is 49.6 cm³/mol. The molecule has 0 fully saturated rings. The highest BCUT2D eigenvalue weighted by Crippen LogP contribution is 2.30. The largest absolute Gasteiger partial charge is 0.541 e. The SMILES string of the molecule is C[Si](C)(C)O/C(=C/C(=O)C(F)(F)F)C(F)(F)F. The quantitative estimate of drug-likeness (QED) is 0.343. The van der Waals surface area contributed by atoms with E-state index < -0.39 is 38.3 Å². The van der Waals surface area contributed by atoms with E-state index in [-0.39, 0.29) is 0 Å². The Morgan fingerprint density at radius 3 is 1.65 bits per heavy atom. The van der Waals surface area contributed by atoms with E-state index in [0.29, 0.717) is 0 Å². The van der Waals surface area contributed by atoms with Crippen molar-refractivity contribution in [3.63, 3.8) is 0 Å². The Bertz CT molecular complexity index is 322. The van der Waals surface area contributed by atoms with Gasteiger partial charge in [-0.15, -0.1) is 0 Å². The Kier molecular flexibility index (Phi) is 4.43. The van der Waals surface area contributed by atoms with E-state index in [9.17, 15) is 31.1 Å². The van der Waals surface area contributed by atoms with Gasteiger partial charge in [-0.05, 0) is 19.6 Å². The minimum atomic E-state index is -5.35. The molecule has 9 heteroatoms. The standard InChI is InChI=1S/C8H10F6O2Si/c1-17(2,3)16-6(8(12,13)14)4-5(15)7(9,10)11/h4H,1-3H3/b6-4+. The number of rotatable bonds is 3. The van der Waals surface area contributed by atoms with Gasteiger partial charge >= 0.3 is 12.4 Å². The second kappa shape index (κ2) is 4.71. The Labute approximate surface area is 94.4 Å². The molecule has 0 amide bonds. The summed E-state index contributed by atoms with van der Waals surface area (Å²) in [6.07, 6.45) is -11.0. The molecule has 0 aliphatic carbocycles. The first-order chi connectivity index (χ1) is 7.23. The fourth-order valence-corrected chi connectivity index (χ4v) is 1.53. The molecule has 0 spiro atoms. The lowest BCUT2D eigenvalue weighted by molar-refractivity contribution is -0.166. The number of allylic oxidation sites excluding steroid dienone is 2. The van der Waals surface area contributed by atoms with Crippen LogP contribution in [0, 0.1) is 0 Å². The van der Waals surface area contributed by atoms with Crippen LogP contribution in [0.15, 0.2) is 11.8 Å². The summed E-state index contributed by atoms with van der Waals surface area (Å²) in [5, 5.41) is 0. The molecule has 0 N–H and O–H groups in total. The van der Waals surface area contributed by atoms with E-state index in [4.69, 9.17) is 0 Å². The van der Waals surface area contributed by atoms with Gasteiger partial charge in [-0.25, -0.2) is 0 Å². The van der Waals surface area contributed by atoms with Crippen molar-refractivity contribution in [3.05, 3.63) is 11.8 Å². The Hall–Kier alpha value is -0.993. The Morgan fingerprint density at radius 2 is 1.41 bits per heavy atom. The third-order valence-corrected chi connectivity index (χ3v) is 2.07. The second-order valence-corrected chi connectivity index (χ2v) is 8.51. The third-order valence-electron chi connectivity index (χ3n) is 1.24. The zero-order valence-electron chi connectivity index (χ0n) is 9.16. The van der Waals surface area contributed by atoms with Crippen molar-refractivity contribution >= 4 is 14.1 Å². The average Bonchev–Trinajstić information content (AvgIpc) is 1.96. The highest BCUT2D eigenvalue weighted by atomic mass is 28.4. The number of hydrogen-bond donors (Lipinski definition) is 0. The van der Waals surface area contributed by atoms with Gasteiger partial charge in [0.2, 0.25) is 8.32 Å². The van der Waals surface area contributed by atoms with Crippen molar-refractivity contribution in [2.75, 3.05) is 0 Å². The second-order valence-electron chi connectivity index (χ2n) is 4.08. The Balaban J connectivity index is 5.23. The summed E-state index contributed by atoms with van der Waals surface area (Å²) in [5.74, 6) is -4.50. The molecule has 0 aromatic carbocycles. The molecule has 0 rings (SSSR count). The number of hydrogen-bond acceptors (Lipinski definition) is 2. The van der Waals surface area contributed by atoms with Crippen LogP contribution in [-0.2, 0) is 9.22 Å². The molecule has 0 atom stereocenters. The molecule has 100 valence electrons. The Morgan fingerprint density at radius 1 is 1.00 bits per heavy atom. The van der Waals surface area contributed by atoms with Crippen LogP contribution in [0.25, 0.3) is 0 Å². The lowest BCUT2D eigenvalue weighted by atomic mass is 10.3. The fraction of sp³-hybridized carbons (Fsp3) is 0.625. The summed E-state index contributed by atoms with van der Waals surface area (Å²) in [7, 11) is -2.76. The molecule has 0 aliphatic heterocycles. The van der Waals surface area contributed by atoms with Crippen molar-refractivity contribution in [2.24, 2.45) is 0 Å². The molecule has 0 saturated carbocycles. The summed E-state index contributed by atoms with van der Waals surface area (Å²) in [6, 6.07) is 0. The predicted octanol–water partition coefficient (Wildman–Crippen LogP) is 3.42. The molecular formula is C8H10F6O2Si. The van der Waals surface area contributed by atoms with Crippen LogP contribution in [0.2, 0.25) is 19.6 Å². The van der Waals surface area contributed by atoms with Crippen LogP contribution in [0.5, 0.6) is 0 Å². The van der Waals surface area contributed by atoms with E-state index in [1.807, 2.05) is 0 Å². The van der Waals surface area contributed by atoms with Crippen molar-refractivity contribution in [3.8, 4) is 0 Å². The average molecular weight is 280 g/mol. The smallest absolute Gasteiger partial charge is 0.454 e. The van der Waals surface area contributed by atoms with Gasteiger partial charge in [-0.2, -0.15) is 26.3 Å². The van der Waals surface area contributed by atoms with Crippen LogP contribution in [-0.4, -0.2) is 26.5 Å². The van der Waals surface area contributed by atoms with E-state index >= 15 is 0 Å². The molecule has 0 bridgehead atoms. The number of carbonyl (C=O) groups excluding carboxylic acids is 1.